The molecule has 0 spiro atoms. The second kappa shape index (κ2) is 7.82. The standard InChI is InChI=1S/C14H20ClNO3/c15-13-3-1-12(2-4-13)14-11-16(6-9-19-14)5-8-18-10-7-17/h1-4,14,17H,5-11H2. The molecule has 19 heavy (non-hydrogen) atoms. The summed E-state index contributed by atoms with van der Waals surface area (Å²) in [6.45, 7) is 4.52. The van der Waals surface area contributed by atoms with Crippen LogP contribution in [-0.4, -0.2) is 56.1 Å². The van der Waals surface area contributed by atoms with E-state index in [-0.39, 0.29) is 12.7 Å². The van der Waals surface area contributed by atoms with E-state index in [9.17, 15) is 0 Å². The van der Waals surface area contributed by atoms with Crippen molar-refractivity contribution in [3.05, 3.63) is 34.9 Å². The molecule has 0 aromatic heterocycles. The predicted molar refractivity (Wildman–Crippen MR) is 74.5 cm³/mol. The molecule has 0 radical (unpaired) electrons. The first-order valence-corrected chi connectivity index (χ1v) is 6.95. The van der Waals surface area contributed by atoms with E-state index in [0.717, 1.165) is 36.8 Å². The van der Waals surface area contributed by atoms with Crippen LogP contribution in [0.15, 0.2) is 24.3 Å². The van der Waals surface area contributed by atoms with E-state index in [0.29, 0.717) is 13.2 Å². The summed E-state index contributed by atoms with van der Waals surface area (Å²) in [5.74, 6) is 0. The summed E-state index contributed by atoms with van der Waals surface area (Å²) >= 11 is 5.89. The molecule has 1 unspecified atom stereocenters. The van der Waals surface area contributed by atoms with Gasteiger partial charge in [-0.1, -0.05) is 23.7 Å². The molecular formula is C14H20ClNO3. The molecule has 1 heterocycles. The minimum absolute atomic E-state index is 0.0799. The molecule has 2 rings (SSSR count). The summed E-state index contributed by atoms with van der Waals surface area (Å²) in [7, 11) is 0. The van der Waals surface area contributed by atoms with Gasteiger partial charge in [0.15, 0.2) is 0 Å². The van der Waals surface area contributed by atoms with Crippen LogP contribution in [0.4, 0.5) is 0 Å². The molecular weight excluding hydrogens is 266 g/mol. The van der Waals surface area contributed by atoms with Gasteiger partial charge in [-0.3, -0.25) is 4.90 Å². The van der Waals surface area contributed by atoms with Gasteiger partial charge in [0.2, 0.25) is 0 Å². The Labute approximate surface area is 118 Å². The van der Waals surface area contributed by atoms with Crippen molar-refractivity contribution >= 4 is 11.6 Å². The first-order valence-electron chi connectivity index (χ1n) is 6.57. The number of hydrogen-bond acceptors (Lipinski definition) is 4. The van der Waals surface area contributed by atoms with Crippen molar-refractivity contribution in [1.82, 2.24) is 4.90 Å². The van der Waals surface area contributed by atoms with Gasteiger partial charge in [0, 0.05) is 24.7 Å². The van der Waals surface area contributed by atoms with Crippen molar-refractivity contribution in [3.63, 3.8) is 0 Å². The van der Waals surface area contributed by atoms with E-state index in [1.807, 2.05) is 24.3 Å². The summed E-state index contributed by atoms with van der Waals surface area (Å²) in [6.07, 6.45) is 0.101. The number of hydrogen-bond donors (Lipinski definition) is 1. The zero-order chi connectivity index (χ0) is 13.5. The van der Waals surface area contributed by atoms with Crippen molar-refractivity contribution in [1.29, 1.82) is 0 Å². The van der Waals surface area contributed by atoms with Gasteiger partial charge < -0.3 is 14.6 Å². The molecule has 106 valence electrons. The fourth-order valence-electron chi connectivity index (χ4n) is 2.14. The number of ether oxygens (including phenoxy) is 2. The lowest BCUT2D eigenvalue weighted by Crippen LogP contribution is -2.40. The van der Waals surface area contributed by atoms with E-state index in [4.69, 9.17) is 26.2 Å². The Balaban J connectivity index is 1.81. The number of halogens is 1. The molecule has 1 aliphatic rings. The van der Waals surface area contributed by atoms with Gasteiger partial charge in [-0.15, -0.1) is 0 Å². The molecule has 1 aromatic carbocycles. The maximum atomic E-state index is 8.65. The van der Waals surface area contributed by atoms with Crippen LogP contribution in [0.25, 0.3) is 0 Å². The van der Waals surface area contributed by atoms with Gasteiger partial charge in [-0.2, -0.15) is 0 Å². The summed E-state index contributed by atoms with van der Waals surface area (Å²) in [4.78, 5) is 2.32. The largest absolute Gasteiger partial charge is 0.394 e. The molecule has 4 nitrogen and oxygen atoms in total. The third-order valence-electron chi connectivity index (χ3n) is 3.18. The van der Waals surface area contributed by atoms with E-state index < -0.39 is 0 Å². The minimum Gasteiger partial charge on any atom is -0.394 e. The average molecular weight is 286 g/mol. The second-order valence-electron chi connectivity index (χ2n) is 4.55. The monoisotopic (exact) mass is 285 g/mol. The molecule has 0 saturated carbocycles. The van der Waals surface area contributed by atoms with Crippen LogP contribution in [0.3, 0.4) is 0 Å². The predicted octanol–water partition coefficient (Wildman–Crippen LogP) is 1.72. The fraction of sp³-hybridized carbons (Fsp3) is 0.571. The molecule has 1 saturated heterocycles. The average Bonchev–Trinajstić information content (AvgIpc) is 2.45. The highest BCUT2D eigenvalue weighted by atomic mass is 35.5. The Morgan fingerprint density at radius 1 is 1.32 bits per heavy atom. The van der Waals surface area contributed by atoms with Crippen LogP contribution in [0.5, 0.6) is 0 Å². The van der Waals surface area contributed by atoms with Gasteiger partial charge in [0.05, 0.1) is 32.5 Å². The number of rotatable bonds is 6. The second-order valence-corrected chi connectivity index (χ2v) is 4.98. The molecule has 1 fully saturated rings. The maximum Gasteiger partial charge on any atom is 0.0952 e. The Morgan fingerprint density at radius 3 is 2.84 bits per heavy atom. The highest BCUT2D eigenvalue weighted by molar-refractivity contribution is 6.30. The van der Waals surface area contributed by atoms with Crippen LogP contribution in [0.1, 0.15) is 11.7 Å². The summed E-state index contributed by atoms with van der Waals surface area (Å²) in [5.41, 5.74) is 1.16. The lowest BCUT2D eigenvalue weighted by Gasteiger charge is -2.33. The van der Waals surface area contributed by atoms with E-state index >= 15 is 0 Å². The molecule has 5 heteroatoms. The third-order valence-corrected chi connectivity index (χ3v) is 3.43. The number of nitrogens with zero attached hydrogens (tertiary/aromatic N) is 1. The Morgan fingerprint density at radius 2 is 2.11 bits per heavy atom. The quantitative estimate of drug-likeness (QED) is 0.808. The first-order chi connectivity index (χ1) is 9.29. The SMILES string of the molecule is OCCOCCN1CCOC(c2ccc(Cl)cc2)C1. The van der Waals surface area contributed by atoms with Crippen molar-refractivity contribution in [3.8, 4) is 0 Å². The van der Waals surface area contributed by atoms with Crippen molar-refractivity contribution < 1.29 is 14.6 Å². The van der Waals surface area contributed by atoms with Gasteiger partial charge >= 0.3 is 0 Å². The number of benzene rings is 1. The minimum atomic E-state index is 0.0799. The molecule has 0 bridgehead atoms. The zero-order valence-corrected chi connectivity index (χ0v) is 11.7. The zero-order valence-electron chi connectivity index (χ0n) is 10.9. The highest BCUT2D eigenvalue weighted by Crippen LogP contribution is 2.23. The maximum absolute atomic E-state index is 8.65. The molecule has 1 atom stereocenters. The van der Waals surface area contributed by atoms with Crippen LogP contribution >= 0.6 is 11.6 Å². The van der Waals surface area contributed by atoms with Crippen LogP contribution in [-0.2, 0) is 9.47 Å². The Bertz CT molecular complexity index is 371. The third kappa shape index (κ3) is 4.75. The Kier molecular flexibility index (Phi) is 6.07. The lowest BCUT2D eigenvalue weighted by atomic mass is 10.1. The summed E-state index contributed by atoms with van der Waals surface area (Å²) in [6, 6.07) is 7.81. The Hall–Kier alpha value is -0.650. The van der Waals surface area contributed by atoms with Gasteiger partial charge in [-0.25, -0.2) is 0 Å². The van der Waals surface area contributed by atoms with Crippen LogP contribution < -0.4 is 0 Å². The molecule has 1 N–H and O–H groups in total. The van der Waals surface area contributed by atoms with E-state index in [2.05, 4.69) is 4.90 Å². The van der Waals surface area contributed by atoms with Crippen molar-refractivity contribution in [2.75, 3.05) is 46.1 Å². The topological polar surface area (TPSA) is 41.9 Å². The number of aliphatic hydroxyl groups is 1. The van der Waals surface area contributed by atoms with E-state index in [1.165, 1.54) is 0 Å². The van der Waals surface area contributed by atoms with Crippen LogP contribution in [0.2, 0.25) is 5.02 Å². The van der Waals surface area contributed by atoms with Gasteiger partial charge in [0.25, 0.3) is 0 Å². The van der Waals surface area contributed by atoms with Crippen LogP contribution in [0, 0.1) is 0 Å². The smallest absolute Gasteiger partial charge is 0.0952 e. The molecule has 1 aromatic rings. The summed E-state index contributed by atoms with van der Waals surface area (Å²) < 4.78 is 11.1. The van der Waals surface area contributed by atoms with Crippen molar-refractivity contribution in [2.24, 2.45) is 0 Å². The lowest BCUT2D eigenvalue weighted by molar-refractivity contribution is -0.0389. The number of morpholine rings is 1. The molecule has 0 amide bonds. The highest BCUT2D eigenvalue weighted by Gasteiger charge is 2.21. The first kappa shape index (κ1) is 14.8. The number of aliphatic hydroxyl groups excluding tert-OH is 1. The van der Waals surface area contributed by atoms with Crippen molar-refractivity contribution in [2.45, 2.75) is 6.10 Å². The summed E-state index contributed by atoms with van der Waals surface area (Å²) in [5, 5.41) is 9.39. The molecule has 0 aliphatic carbocycles. The molecule has 1 aliphatic heterocycles. The normalized spacial score (nSPS) is 20.6. The van der Waals surface area contributed by atoms with E-state index in [1.54, 1.807) is 0 Å². The fourth-order valence-corrected chi connectivity index (χ4v) is 2.27. The van der Waals surface area contributed by atoms with Gasteiger partial charge in [-0.05, 0) is 17.7 Å². The van der Waals surface area contributed by atoms with Gasteiger partial charge in [0.1, 0.15) is 0 Å².